The Balaban J connectivity index is 0.00000289. The van der Waals surface area contributed by atoms with Gasteiger partial charge < -0.3 is 0 Å². The van der Waals surface area contributed by atoms with Crippen molar-refractivity contribution in [3.8, 4) is 0 Å². The first kappa shape index (κ1) is 26.1. The van der Waals surface area contributed by atoms with E-state index in [2.05, 4.69) is 26.1 Å². The van der Waals surface area contributed by atoms with Crippen molar-refractivity contribution in [1.82, 2.24) is 10.2 Å². The SMILES string of the molecule is CCOP(=O)(OCC)c1cc2ccc3c(Br)c(CN4CCCNCC4)[se]c3c2oc1=O.Cl. The topological polar surface area (TPSA) is 81.0 Å². The summed E-state index contributed by atoms with van der Waals surface area (Å²) in [6.45, 7) is 8.86. The maximum absolute atomic E-state index is 13.1. The van der Waals surface area contributed by atoms with Crippen LogP contribution in [0.4, 0.5) is 0 Å². The average Bonchev–Trinajstić information content (AvgIpc) is 2.90. The van der Waals surface area contributed by atoms with Crippen LogP contribution in [-0.4, -0.2) is 58.8 Å². The van der Waals surface area contributed by atoms with E-state index in [1.165, 1.54) is 4.44 Å². The van der Waals surface area contributed by atoms with Crippen LogP contribution in [0.2, 0.25) is 0 Å². The molecule has 7 nitrogen and oxygen atoms in total. The molecule has 1 aliphatic rings. The zero-order valence-electron chi connectivity index (χ0n) is 18.0. The van der Waals surface area contributed by atoms with Crippen molar-refractivity contribution >= 4 is 76.4 Å². The molecule has 0 radical (unpaired) electrons. The molecule has 176 valence electrons. The predicted octanol–water partition coefficient (Wildman–Crippen LogP) is 3.87. The van der Waals surface area contributed by atoms with Gasteiger partial charge in [-0.1, -0.05) is 0 Å². The monoisotopic (exact) mass is 612 g/mol. The fourth-order valence-electron chi connectivity index (χ4n) is 3.81. The van der Waals surface area contributed by atoms with Gasteiger partial charge in [0, 0.05) is 0 Å². The molecule has 0 aliphatic carbocycles. The van der Waals surface area contributed by atoms with Gasteiger partial charge in [0.2, 0.25) is 0 Å². The first-order valence-corrected chi connectivity index (χ1v) is 14.5. The van der Waals surface area contributed by atoms with Gasteiger partial charge in [0.15, 0.2) is 0 Å². The number of benzene rings is 1. The average molecular weight is 613 g/mol. The van der Waals surface area contributed by atoms with E-state index in [1.807, 2.05) is 12.1 Å². The Bertz CT molecular complexity index is 1180. The van der Waals surface area contributed by atoms with E-state index < -0.39 is 13.2 Å². The number of hydrogen-bond acceptors (Lipinski definition) is 7. The molecule has 0 bridgehead atoms. The summed E-state index contributed by atoms with van der Waals surface area (Å²) < 4.78 is 33.1. The van der Waals surface area contributed by atoms with Crippen molar-refractivity contribution in [3.05, 3.63) is 37.5 Å². The summed E-state index contributed by atoms with van der Waals surface area (Å²) in [6.07, 6.45) is 1.14. The van der Waals surface area contributed by atoms with Crippen molar-refractivity contribution < 1.29 is 18.0 Å². The maximum atomic E-state index is 13.1. The number of rotatable bonds is 7. The van der Waals surface area contributed by atoms with E-state index in [1.54, 1.807) is 19.9 Å². The number of fused-ring (bicyclic) bond motifs is 3. The summed E-state index contributed by atoms with van der Waals surface area (Å²) in [5.41, 5.74) is -0.0969. The minimum atomic E-state index is -3.72. The summed E-state index contributed by atoms with van der Waals surface area (Å²) in [7, 11) is -3.72. The van der Waals surface area contributed by atoms with Gasteiger partial charge in [0.25, 0.3) is 0 Å². The largest absolute Gasteiger partial charge is 0.147 e. The Hall–Kier alpha value is -0.471. The molecule has 0 saturated carbocycles. The third-order valence-electron chi connectivity index (χ3n) is 5.24. The van der Waals surface area contributed by atoms with Gasteiger partial charge >= 0.3 is 196 Å². The Labute approximate surface area is 207 Å². The summed E-state index contributed by atoms with van der Waals surface area (Å²) in [5.74, 6) is 0. The molecule has 4 rings (SSSR count). The van der Waals surface area contributed by atoms with Crippen molar-refractivity contribution in [2.75, 3.05) is 39.4 Å². The zero-order valence-corrected chi connectivity index (χ0v) is 23.0. The van der Waals surface area contributed by atoms with Crippen molar-refractivity contribution in [1.29, 1.82) is 0 Å². The molecule has 1 aromatic carbocycles. The van der Waals surface area contributed by atoms with E-state index >= 15 is 0 Å². The van der Waals surface area contributed by atoms with Crippen molar-refractivity contribution in [3.63, 3.8) is 0 Å². The summed E-state index contributed by atoms with van der Waals surface area (Å²) in [5, 5.41) is 5.20. The normalized spacial score (nSPS) is 15.7. The van der Waals surface area contributed by atoms with Crippen LogP contribution in [0.5, 0.6) is 0 Å². The molecule has 3 heterocycles. The Morgan fingerprint density at radius 1 is 1.22 bits per heavy atom. The Kier molecular flexibility index (Phi) is 9.23. The molecule has 2 aromatic heterocycles. The molecule has 1 fully saturated rings. The van der Waals surface area contributed by atoms with Crippen LogP contribution in [-0.2, 0) is 20.2 Å². The molecule has 1 aliphatic heterocycles. The zero-order chi connectivity index (χ0) is 22.0. The van der Waals surface area contributed by atoms with E-state index in [-0.39, 0.29) is 45.4 Å². The molecule has 0 spiro atoms. The van der Waals surface area contributed by atoms with Crippen LogP contribution < -0.4 is 16.2 Å². The molecule has 11 heteroatoms. The summed E-state index contributed by atoms with van der Waals surface area (Å²) >= 11 is 3.83. The van der Waals surface area contributed by atoms with Crippen LogP contribution in [0.25, 0.3) is 20.6 Å². The van der Waals surface area contributed by atoms with Crippen LogP contribution >= 0.6 is 35.9 Å². The molecular formula is C21H27BrClN2O5PSe. The van der Waals surface area contributed by atoms with Gasteiger partial charge in [-0.2, -0.15) is 0 Å². The molecule has 0 amide bonds. The Morgan fingerprint density at radius 3 is 2.69 bits per heavy atom. The fourth-order valence-corrected chi connectivity index (χ4v) is 9.15. The van der Waals surface area contributed by atoms with Crippen molar-refractivity contribution in [2.24, 2.45) is 0 Å². The quantitative estimate of drug-likeness (QED) is 0.247. The van der Waals surface area contributed by atoms with Crippen LogP contribution in [0.1, 0.15) is 24.7 Å². The first-order valence-electron chi connectivity index (χ1n) is 10.5. The number of halogens is 2. The van der Waals surface area contributed by atoms with Gasteiger partial charge in [-0.3, -0.25) is 0 Å². The second kappa shape index (κ2) is 11.3. The summed E-state index contributed by atoms with van der Waals surface area (Å²) in [4.78, 5) is 15.3. The van der Waals surface area contributed by atoms with E-state index in [0.717, 1.165) is 58.6 Å². The number of nitrogens with zero attached hydrogens (tertiary/aromatic N) is 1. The van der Waals surface area contributed by atoms with E-state index in [0.29, 0.717) is 5.58 Å². The van der Waals surface area contributed by atoms with Gasteiger partial charge in [-0.15, -0.1) is 12.4 Å². The molecule has 1 saturated heterocycles. The van der Waals surface area contributed by atoms with Crippen LogP contribution in [0.15, 0.2) is 31.9 Å². The second-order valence-electron chi connectivity index (χ2n) is 7.33. The van der Waals surface area contributed by atoms with Crippen LogP contribution in [0, 0.1) is 0 Å². The maximum Gasteiger partial charge on any atom is -0.147 e. The minimum absolute atomic E-state index is 0. The third-order valence-corrected chi connectivity index (χ3v) is 11.3. The van der Waals surface area contributed by atoms with Gasteiger partial charge in [-0.25, -0.2) is 0 Å². The molecular weight excluding hydrogens is 586 g/mol. The standard InChI is InChI=1S/C21H26BrN2O5PSe.ClH/c1-3-27-30(26,28-4-2)16-12-14-6-7-15-18(22)17(13-24-10-5-8-23-9-11-24)31-20(15)19(14)29-21(16)25;/h6-7,12,23H,3-5,8-11,13H2,1-2H3;1H. The van der Waals surface area contributed by atoms with Gasteiger partial charge in [0.05, 0.1) is 0 Å². The number of hydrogen-bond donors (Lipinski definition) is 1. The van der Waals surface area contributed by atoms with Gasteiger partial charge in [0.1, 0.15) is 0 Å². The van der Waals surface area contributed by atoms with E-state index in [9.17, 15) is 9.36 Å². The van der Waals surface area contributed by atoms with Crippen LogP contribution in [0.3, 0.4) is 0 Å². The minimum Gasteiger partial charge on any atom is -0.147 e. The van der Waals surface area contributed by atoms with E-state index in [4.69, 9.17) is 13.5 Å². The molecule has 3 aromatic rings. The third kappa shape index (κ3) is 5.27. The fraction of sp³-hybridized carbons (Fsp3) is 0.476. The molecule has 1 N–H and O–H groups in total. The Morgan fingerprint density at radius 2 is 1.97 bits per heavy atom. The van der Waals surface area contributed by atoms with Crippen molar-refractivity contribution in [2.45, 2.75) is 26.8 Å². The second-order valence-corrected chi connectivity index (χ2v) is 12.4. The number of nitrogens with one attached hydrogen (secondary N) is 1. The molecule has 0 atom stereocenters. The first-order chi connectivity index (χ1) is 15.0. The van der Waals surface area contributed by atoms with Gasteiger partial charge in [-0.05, 0) is 0 Å². The molecule has 0 unspecified atom stereocenters. The molecule has 32 heavy (non-hydrogen) atoms. The summed E-state index contributed by atoms with van der Waals surface area (Å²) in [6, 6.07) is 5.55. The smallest absolute Gasteiger partial charge is 0.147 e. The predicted molar refractivity (Wildman–Crippen MR) is 135 cm³/mol.